The lowest BCUT2D eigenvalue weighted by Crippen LogP contribution is -2.15. The third-order valence-electron chi connectivity index (χ3n) is 4.67. The minimum Gasteiger partial charge on any atom is -0.493 e. The summed E-state index contributed by atoms with van der Waals surface area (Å²) < 4.78 is 16.3. The Labute approximate surface area is 183 Å². The first-order valence-corrected chi connectivity index (χ1v) is 10.4. The first kappa shape index (κ1) is 20.6. The van der Waals surface area contributed by atoms with Crippen molar-refractivity contribution in [1.82, 2.24) is 9.97 Å². The molecule has 0 radical (unpaired) electrons. The van der Waals surface area contributed by atoms with Gasteiger partial charge in [-0.15, -0.1) is 11.3 Å². The van der Waals surface area contributed by atoms with Crippen molar-refractivity contribution in [2.24, 2.45) is 0 Å². The Morgan fingerprint density at radius 3 is 2.55 bits per heavy atom. The lowest BCUT2D eigenvalue weighted by atomic mass is 10.1. The van der Waals surface area contributed by atoms with Crippen LogP contribution in [0.15, 0.2) is 58.3 Å². The third-order valence-corrected chi connectivity index (χ3v) is 5.43. The molecule has 0 fully saturated rings. The van der Waals surface area contributed by atoms with Gasteiger partial charge in [0, 0.05) is 16.5 Å². The van der Waals surface area contributed by atoms with Crippen molar-refractivity contribution in [1.29, 1.82) is 0 Å². The average Bonchev–Trinajstić information content (AvgIpc) is 3.40. The highest BCUT2D eigenvalue weighted by atomic mass is 32.1. The summed E-state index contributed by atoms with van der Waals surface area (Å²) in [6.07, 6.45) is 0.105. The van der Waals surface area contributed by atoms with Crippen LogP contribution in [0, 0.1) is 6.92 Å². The molecule has 158 valence electrons. The number of aryl methyl sites for hydroxylation is 1. The molecule has 0 aliphatic heterocycles. The minimum atomic E-state index is -0.204. The summed E-state index contributed by atoms with van der Waals surface area (Å²) in [7, 11) is 3.18. The largest absolute Gasteiger partial charge is 0.493 e. The fraction of sp³-hybridized carbons (Fsp3) is 0.174. The molecule has 8 heteroatoms. The van der Waals surface area contributed by atoms with Crippen LogP contribution in [0.2, 0.25) is 0 Å². The molecular formula is C23H21N3O4S. The number of hydrogen-bond acceptors (Lipinski definition) is 7. The molecule has 0 unspecified atom stereocenters. The van der Waals surface area contributed by atoms with E-state index in [1.165, 1.54) is 11.3 Å². The first-order chi connectivity index (χ1) is 15.1. The number of rotatable bonds is 7. The molecule has 0 saturated heterocycles. The number of carbonyl (C=O) groups is 1. The second-order valence-corrected chi connectivity index (χ2v) is 7.58. The fourth-order valence-electron chi connectivity index (χ4n) is 3.07. The van der Waals surface area contributed by atoms with E-state index in [-0.39, 0.29) is 12.3 Å². The van der Waals surface area contributed by atoms with Crippen LogP contribution >= 0.6 is 11.3 Å². The maximum atomic E-state index is 12.5. The Morgan fingerprint density at radius 1 is 1.03 bits per heavy atom. The normalized spacial score (nSPS) is 10.7. The average molecular weight is 436 g/mol. The molecule has 1 amide bonds. The summed E-state index contributed by atoms with van der Waals surface area (Å²) in [5.74, 6) is 2.19. The summed E-state index contributed by atoms with van der Waals surface area (Å²) in [6, 6.07) is 15.2. The van der Waals surface area contributed by atoms with Crippen LogP contribution in [-0.2, 0) is 11.2 Å². The number of oxazole rings is 1. The van der Waals surface area contributed by atoms with E-state index in [0.717, 1.165) is 16.8 Å². The first-order valence-electron chi connectivity index (χ1n) is 9.57. The monoisotopic (exact) mass is 435 g/mol. The van der Waals surface area contributed by atoms with Crippen LogP contribution in [0.4, 0.5) is 5.13 Å². The van der Waals surface area contributed by atoms with Crippen LogP contribution in [0.5, 0.6) is 11.5 Å². The molecule has 2 aromatic carbocycles. The highest BCUT2D eigenvalue weighted by molar-refractivity contribution is 7.14. The van der Waals surface area contributed by atoms with E-state index < -0.39 is 0 Å². The number of anilines is 1. The number of nitrogens with one attached hydrogen (secondary N) is 1. The SMILES string of the molecule is COc1ccc(-c2csc(NC(=O)Cc3nc(-c4ccccc4)oc3C)n2)cc1OC. The molecule has 0 atom stereocenters. The predicted molar refractivity (Wildman–Crippen MR) is 120 cm³/mol. The van der Waals surface area contributed by atoms with E-state index in [9.17, 15) is 4.79 Å². The van der Waals surface area contributed by atoms with Gasteiger partial charge >= 0.3 is 0 Å². The van der Waals surface area contributed by atoms with Crippen molar-refractivity contribution in [2.75, 3.05) is 19.5 Å². The second-order valence-electron chi connectivity index (χ2n) is 6.72. The van der Waals surface area contributed by atoms with E-state index in [0.29, 0.717) is 34.0 Å². The molecule has 2 aromatic heterocycles. The molecule has 4 rings (SSSR count). The third kappa shape index (κ3) is 4.59. The Hall–Kier alpha value is -3.65. The summed E-state index contributed by atoms with van der Waals surface area (Å²) in [4.78, 5) is 21.5. The fourth-order valence-corrected chi connectivity index (χ4v) is 3.81. The maximum Gasteiger partial charge on any atom is 0.232 e. The number of nitrogens with zero attached hydrogens (tertiary/aromatic N) is 2. The van der Waals surface area contributed by atoms with Gasteiger partial charge in [-0.05, 0) is 37.3 Å². The molecular weight excluding hydrogens is 414 g/mol. The standard InChI is InChI=1S/C23H21N3O4S/c1-14-17(24-22(30-14)15-7-5-4-6-8-15)12-21(27)26-23-25-18(13-31-23)16-9-10-19(28-2)20(11-16)29-3/h4-11,13H,12H2,1-3H3,(H,25,26,27). The summed E-state index contributed by atoms with van der Waals surface area (Å²) in [5, 5.41) is 5.23. The Balaban J connectivity index is 1.45. The van der Waals surface area contributed by atoms with Gasteiger partial charge in [0.2, 0.25) is 11.8 Å². The van der Waals surface area contributed by atoms with Gasteiger partial charge in [0.25, 0.3) is 0 Å². The topological polar surface area (TPSA) is 86.5 Å². The second kappa shape index (κ2) is 9.01. The lowest BCUT2D eigenvalue weighted by Gasteiger charge is -2.08. The van der Waals surface area contributed by atoms with Gasteiger partial charge < -0.3 is 19.2 Å². The Bertz CT molecular complexity index is 1200. The molecule has 0 aliphatic carbocycles. The number of benzene rings is 2. The Morgan fingerprint density at radius 2 is 1.81 bits per heavy atom. The molecule has 0 aliphatic rings. The molecule has 0 spiro atoms. The van der Waals surface area contributed by atoms with Gasteiger partial charge in [-0.3, -0.25) is 4.79 Å². The molecule has 31 heavy (non-hydrogen) atoms. The minimum absolute atomic E-state index is 0.105. The molecule has 0 saturated carbocycles. The maximum absolute atomic E-state index is 12.5. The number of methoxy groups -OCH3 is 2. The van der Waals surface area contributed by atoms with Crippen LogP contribution in [0.1, 0.15) is 11.5 Å². The molecule has 7 nitrogen and oxygen atoms in total. The van der Waals surface area contributed by atoms with Gasteiger partial charge in [0.1, 0.15) is 5.76 Å². The Kier molecular flexibility index (Phi) is 5.99. The van der Waals surface area contributed by atoms with Crippen LogP contribution in [0.3, 0.4) is 0 Å². The van der Waals surface area contributed by atoms with Gasteiger partial charge in [0.05, 0.1) is 32.0 Å². The van der Waals surface area contributed by atoms with E-state index in [1.807, 2.05) is 53.9 Å². The summed E-state index contributed by atoms with van der Waals surface area (Å²) in [5.41, 5.74) is 3.09. The van der Waals surface area contributed by atoms with Crippen LogP contribution in [-0.4, -0.2) is 30.1 Å². The van der Waals surface area contributed by atoms with Crippen molar-refractivity contribution in [3.8, 4) is 34.2 Å². The van der Waals surface area contributed by atoms with Crippen LogP contribution < -0.4 is 14.8 Å². The number of amides is 1. The zero-order valence-corrected chi connectivity index (χ0v) is 18.2. The van der Waals surface area contributed by atoms with E-state index in [2.05, 4.69) is 15.3 Å². The van der Waals surface area contributed by atoms with Gasteiger partial charge in [0.15, 0.2) is 16.6 Å². The van der Waals surface area contributed by atoms with Crippen molar-refractivity contribution in [3.63, 3.8) is 0 Å². The van der Waals surface area contributed by atoms with Gasteiger partial charge in [-0.1, -0.05) is 18.2 Å². The van der Waals surface area contributed by atoms with Crippen molar-refractivity contribution in [2.45, 2.75) is 13.3 Å². The zero-order valence-electron chi connectivity index (χ0n) is 17.3. The van der Waals surface area contributed by atoms with E-state index in [4.69, 9.17) is 13.9 Å². The lowest BCUT2D eigenvalue weighted by molar-refractivity contribution is -0.115. The van der Waals surface area contributed by atoms with Crippen molar-refractivity contribution < 1.29 is 18.7 Å². The van der Waals surface area contributed by atoms with Crippen molar-refractivity contribution in [3.05, 3.63) is 65.4 Å². The highest BCUT2D eigenvalue weighted by Gasteiger charge is 2.16. The molecule has 2 heterocycles. The number of hydrogen-bond donors (Lipinski definition) is 1. The van der Waals surface area contributed by atoms with Crippen molar-refractivity contribution >= 4 is 22.4 Å². The van der Waals surface area contributed by atoms with E-state index in [1.54, 1.807) is 21.1 Å². The quantitative estimate of drug-likeness (QED) is 0.441. The molecule has 0 bridgehead atoms. The van der Waals surface area contributed by atoms with Crippen LogP contribution in [0.25, 0.3) is 22.7 Å². The zero-order chi connectivity index (χ0) is 21.8. The smallest absolute Gasteiger partial charge is 0.232 e. The summed E-state index contributed by atoms with van der Waals surface area (Å²) >= 11 is 1.35. The molecule has 4 aromatic rings. The van der Waals surface area contributed by atoms with E-state index >= 15 is 0 Å². The molecule has 1 N–H and O–H groups in total. The van der Waals surface area contributed by atoms with Gasteiger partial charge in [-0.25, -0.2) is 9.97 Å². The number of carbonyl (C=O) groups excluding carboxylic acids is 1. The highest BCUT2D eigenvalue weighted by Crippen LogP contribution is 2.33. The van der Waals surface area contributed by atoms with Gasteiger partial charge in [-0.2, -0.15) is 0 Å². The number of thiazole rings is 1. The summed E-state index contributed by atoms with van der Waals surface area (Å²) in [6.45, 7) is 1.81. The number of aromatic nitrogens is 2. The predicted octanol–water partition coefficient (Wildman–Crippen LogP) is 4.97. The number of ether oxygens (including phenoxy) is 2.